The van der Waals surface area contributed by atoms with Gasteiger partial charge in [-0.3, -0.25) is 4.79 Å². The molecule has 2 heterocycles. The minimum atomic E-state index is -0.117. The Morgan fingerprint density at radius 2 is 1.77 bits per heavy atom. The van der Waals surface area contributed by atoms with Crippen molar-refractivity contribution in [2.45, 2.75) is 45.1 Å². The first-order valence-corrected chi connectivity index (χ1v) is 9.59. The third-order valence-corrected chi connectivity index (χ3v) is 5.63. The highest BCUT2D eigenvalue weighted by atomic mass is 16.5. The number of hydrogen-bond donors (Lipinski definition) is 1. The fourth-order valence-corrected chi connectivity index (χ4v) is 3.87. The van der Waals surface area contributed by atoms with Gasteiger partial charge in [0.2, 0.25) is 0 Å². The van der Waals surface area contributed by atoms with Crippen LogP contribution in [0.4, 0.5) is 11.4 Å². The first-order valence-electron chi connectivity index (χ1n) is 9.59. The van der Waals surface area contributed by atoms with Crippen LogP contribution in [0.3, 0.4) is 0 Å². The van der Waals surface area contributed by atoms with Gasteiger partial charge >= 0.3 is 0 Å². The van der Waals surface area contributed by atoms with Gasteiger partial charge in [-0.1, -0.05) is 19.1 Å². The first kappa shape index (κ1) is 17.0. The molecule has 0 aliphatic carbocycles. The van der Waals surface area contributed by atoms with Gasteiger partial charge in [-0.15, -0.1) is 0 Å². The van der Waals surface area contributed by atoms with Crippen molar-refractivity contribution >= 4 is 17.3 Å². The molecule has 0 radical (unpaired) electrons. The Hall–Kier alpha value is -2.49. The fourth-order valence-electron chi connectivity index (χ4n) is 3.87. The summed E-state index contributed by atoms with van der Waals surface area (Å²) in [6.45, 7) is 6.42. The van der Waals surface area contributed by atoms with E-state index in [0.29, 0.717) is 11.5 Å². The maximum absolute atomic E-state index is 12.8. The molecular weight excluding hydrogens is 324 g/mol. The second-order valence-electron chi connectivity index (χ2n) is 7.38. The summed E-state index contributed by atoms with van der Waals surface area (Å²) in [5.74, 6) is 0.922. The molecule has 2 aliphatic heterocycles. The number of hydrogen-bond acceptors (Lipinski definition) is 3. The summed E-state index contributed by atoms with van der Waals surface area (Å²) in [7, 11) is 0. The summed E-state index contributed by atoms with van der Waals surface area (Å²) in [6, 6.07) is 14.0. The number of benzene rings is 2. The summed E-state index contributed by atoms with van der Waals surface area (Å²) < 4.78 is 5.94. The molecule has 0 saturated carbocycles. The molecule has 0 bridgehead atoms. The SMILES string of the molecule is CC1Oc2c(C(=O)Nc3ccc(N4CCCCC4)cc3)cccc2C1C. The van der Waals surface area contributed by atoms with Gasteiger partial charge in [0.1, 0.15) is 11.9 Å². The van der Waals surface area contributed by atoms with Gasteiger partial charge in [0.15, 0.2) is 0 Å². The van der Waals surface area contributed by atoms with Crippen LogP contribution in [0, 0.1) is 0 Å². The first-order chi connectivity index (χ1) is 12.6. The number of ether oxygens (including phenoxy) is 1. The summed E-state index contributed by atoms with van der Waals surface area (Å²) >= 11 is 0. The highest BCUT2D eigenvalue weighted by molar-refractivity contribution is 6.06. The maximum Gasteiger partial charge on any atom is 0.259 e. The van der Waals surface area contributed by atoms with E-state index in [1.165, 1.54) is 24.9 Å². The smallest absolute Gasteiger partial charge is 0.259 e. The van der Waals surface area contributed by atoms with Crippen molar-refractivity contribution in [3.63, 3.8) is 0 Å². The molecule has 2 aliphatic rings. The average molecular weight is 350 g/mol. The van der Waals surface area contributed by atoms with E-state index in [1.807, 2.05) is 37.3 Å². The third-order valence-electron chi connectivity index (χ3n) is 5.63. The number of amides is 1. The molecular formula is C22H26N2O2. The lowest BCUT2D eigenvalue weighted by Crippen LogP contribution is -2.29. The van der Waals surface area contributed by atoms with Gasteiger partial charge in [-0.2, -0.15) is 0 Å². The van der Waals surface area contributed by atoms with Crippen LogP contribution in [-0.4, -0.2) is 25.1 Å². The summed E-state index contributed by atoms with van der Waals surface area (Å²) in [4.78, 5) is 15.2. The predicted octanol–water partition coefficient (Wildman–Crippen LogP) is 4.81. The number of fused-ring (bicyclic) bond motifs is 1. The van der Waals surface area contributed by atoms with Gasteiger partial charge in [-0.25, -0.2) is 0 Å². The third kappa shape index (κ3) is 3.16. The molecule has 1 N–H and O–H groups in total. The van der Waals surface area contributed by atoms with Crippen LogP contribution >= 0.6 is 0 Å². The number of rotatable bonds is 3. The second kappa shape index (κ2) is 7.02. The Morgan fingerprint density at radius 3 is 2.50 bits per heavy atom. The minimum absolute atomic E-state index is 0.0998. The zero-order valence-corrected chi connectivity index (χ0v) is 15.5. The number of carbonyl (C=O) groups excluding carboxylic acids is 1. The molecule has 2 aromatic carbocycles. The van der Waals surface area contributed by atoms with Crippen LogP contribution in [-0.2, 0) is 0 Å². The number of nitrogens with zero attached hydrogens (tertiary/aromatic N) is 1. The van der Waals surface area contributed by atoms with Crippen molar-refractivity contribution in [3.05, 3.63) is 53.6 Å². The molecule has 136 valence electrons. The molecule has 4 nitrogen and oxygen atoms in total. The summed E-state index contributed by atoms with van der Waals surface area (Å²) in [5.41, 5.74) is 3.77. The molecule has 26 heavy (non-hydrogen) atoms. The highest BCUT2D eigenvalue weighted by Crippen LogP contribution is 2.40. The molecule has 4 rings (SSSR count). The molecule has 0 spiro atoms. The zero-order valence-electron chi connectivity index (χ0n) is 15.5. The Bertz CT molecular complexity index is 794. The van der Waals surface area contributed by atoms with Crippen LogP contribution < -0.4 is 15.0 Å². The molecule has 2 atom stereocenters. The average Bonchev–Trinajstić information content (AvgIpc) is 2.97. The van der Waals surface area contributed by atoms with E-state index in [-0.39, 0.29) is 12.0 Å². The van der Waals surface area contributed by atoms with Gasteiger partial charge in [0, 0.05) is 35.9 Å². The van der Waals surface area contributed by atoms with E-state index < -0.39 is 0 Å². The predicted molar refractivity (Wildman–Crippen MR) is 105 cm³/mol. The molecule has 2 aromatic rings. The van der Waals surface area contributed by atoms with Gasteiger partial charge in [-0.05, 0) is 56.5 Å². The number of piperidine rings is 1. The Morgan fingerprint density at radius 1 is 1.04 bits per heavy atom. The Kier molecular flexibility index (Phi) is 4.58. The topological polar surface area (TPSA) is 41.6 Å². The number of para-hydroxylation sites is 1. The van der Waals surface area contributed by atoms with Crippen LogP contribution in [0.15, 0.2) is 42.5 Å². The monoisotopic (exact) mass is 350 g/mol. The number of anilines is 2. The molecule has 1 amide bonds. The van der Waals surface area contributed by atoms with E-state index >= 15 is 0 Å². The molecule has 2 unspecified atom stereocenters. The summed E-state index contributed by atoms with van der Waals surface area (Å²) in [6.07, 6.45) is 3.94. The van der Waals surface area contributed by atoms with Crippen molar-refractivity contribution in [1.29, 1.82) is 0 Å². The lowest BCUT2D eigenvalue weighted by molar-refractivity contribution is 0.102. The van der Waals surface area contributed by atoms with Gasteiger partial charge in [0.25, 0.3) is 5.91 Å². The van der Waals surface area contributed by atoms with E-state index in [1.54, 1.807) is 0 Å². The van der Waals surface area contributed by atoms with Crippen molar-refractivity contribution in [1.82, 2.24) is 0 Å². The number of nitrogens with one attached hydrogen (secondary N) is 1. The van der Waals surface area contributed by atoms with E-state index in [2.05, 4.69) is 29.3 Å². The number of carbonyl (C=O) groups is 1. The Labute approximate surface area is 155 Å². The van der Waals surface area contributed by atoms with Crippen LogP contribution in [0.1, 0.15) is 54.9 Å². The lowest BCUT2D eigenvalue weighted by Gasteiger charge is -2.28. The zero-order chi connectivity index (χ0) is 18.1. The van der Waals surface area contributed by atoms with E-state index in [4.69, 9.17) is 4.74 Å². The van der Waals surface area contributed by atoms with Crippen LogP contribution in [0.5, 0.6) is 5.75 Å². The largest absolute Gasteiger partial charge is 0.489 e. The maximum atomic E-state index is 12.8. The molecule has 1 saturated heterocycles. The van der Waals surface area contributed by atoms with Crippen LogP contribution in [0.2, 0.25) is 0 Å². The molecule has 4 heteroatoms. The summed E-state index contributed by atoms with van der Waals surface area (Å²) in [5, 5.41) is 3.01. The fraction of sp³-hybridized carbons (Fsp3) is 0.409. The normalized spacial score (nSPS) is 21.8. The lowest BCUT2D eigenvalue weighted by atomic mass is 9.97. The van der Waals surface area contributed by atoms with Crippen molar-refractivity contribution in [2.24, 2.45) is 0 Å². The second-order valence-corrected chi connectivity index (χ2v) is 7.38. The van der Waals surface area contributed by atoms with Crippen molar-refractivity contribution in [3.8, 4) is 5.75 Å². The standard InChI is InChI=1S/C22H26N2O2/c1-15-16(2)26-21-19(15)7-6-8-20(21)22(25)23-17-9-11-18(12-10-17)24-13-4-3-5-14-24/h6-12,15-16H,3-5,13-14H2,1-2H3,(H,23,25). The van der Waals surface area contributed by atoms with E-state index in [0.717, 1.165) is 30.1 Å². The van der Waals surface area contributed by atoms with E-state index in [9.17, 15) is 4.79 Å². The van der Waals surface area contributed by atoms with Crippen molar-refractivity contribution in [2.75, 3.05) is 23.3 Å². The minimum Gasteiger partial charge on any atom is -0.489 e. The molecule has 1 fully saturated rings. The van der Waals surface area contributed by atoms with Gasteiger partial charge < -0.3 is 15.0 Å². The van der Waals surface area contributed by atoms with Gasteiger partial charge in [0.05, 0.1) is 5.56 Å². The van der Waals surface area contributed by atoms with Crippen molar-refractivity contribution < 1.29 is 9.53 Å². The van der Waals surface area contributed by atoms with Crippen LogP contribution in [0.25, 0.3) is 0 Å². The highest BCUT2D eigenvalue weighted by Gasteiger charge is 2.31. The Balaban J connectivity index is 1.49. The molecule has 0 aromatic heterocycles. The quantitative estimate of drug-likeness (QED) is 0.863.